The molecule has 80 valence electrons. The maximum Gasteiger partial charge on any atom is 0.230 e. The maximum atomic E-state index is 11.5. The lowest BCUT2D eigenvalue weighted by Gasteiger charge is -2.31. The van der Waals surface area contributed by atoms with Gasteiger partial charge in [-0.2, -0.15) is 0 Å². The summed E-state index contributed by atoms with van der Waals surface area (Å²) < 4.78 is 0. The predicted octanol–water partition coefficient (Wildman–Crippen LogP) is 0.196. The highest BCUT2D eigenvalue weighted by Crippen LogP contribution is 2.16. The van der Waals surface area contributed by atoms with Crippen LogP contribution in [0.4, 0.5) is 0 Å². The van der Waals surface area contributed by atoms with E-state index in [1.165, 1.54) is 6.92 Å². The Hall–Kier alpha value is -0.900. The van der Waals surface area contributed by atoms with Crippen LogP contribution in [0.3, 0.4) is 0 Å². The van der Waals surface area contributed by atoms with Gasteiger partial charge in [0.05, 0.1) is 6.42 Å². The molecule has 14 heavy (non-hydrogen) atoms. The summed E-state index contributed by atoms with van der Waals surface area (Å²) in [5.41, 5.74) is 0. The number of likely N-dealkylation sites (tertiary alicyclic amines) is 1. The van der Waals surface area contributed by atoms with E-state index in [2.05, 4.69) is 0 Å². The molecule has 0 spiro atoms. The Morgan fingerprint density at radius 1 is 1.50 bits per heavy atom. The van der Waals surface area contributed by atoms with Gasteiger partial charge in [0.25, 0.3) is 0 Å². The molecule has 1 unspecified atom stereocenters. The first kappa shape index (κ1) is 11.2. The van der Waals surface area contributed by atoms with E-state index in [-0.39, 0.29) is 30.6 Å². The summed E-state index contributed by atoms with van der Waals surface area (Å²) in [4.78, 5) is 23.9. The zero-order valence-corrected chi connectivity index (χ0v) is 8.53. The maximum absolute atomic E-state index is 11.5. The minimum atomic E-state index is -0.101. The van der Waals surface area contributed by atoms with E-state index in [1.807, 2.05) is 0 Å². The van der Waals surface area contributed by atoms with Crippen LogP contribution in [0.1, 0.15) is 26.2 Å². The zero-order valence-electron chi connectivity index (χ0n) is 8.53. The molecule has 0 aromatic heterocycles. The van der Waals surface area contributed by atoms with Gasteiger partial charge in [0, 0.05) is 19.7 Å². The zero-order chi connectivity index (χ0) is 10.6. The number of hydrogen-bond donors (Lipinski definition) is 1. The fraction of sp³-hybridized carbons (Fsp3) is 0.800. The Bertz CT molecular complexity index is 227. The Morgan fingerprint density at radius 2 is 2.21 bits per heavy atom. The molecule has 1 saturated heterocycles. The quantitative estimate of drug-likeness (QED) is 0.660. The van der Waals surface area contributed by atoms with Gasteiger partial charge >= 0.3 is 0 Å². The monoisotopic (exact) mass is 199 g/mol. The number of hydrogen-bond acceptors (Lipinski definition) is 3. The fourth-order valence-electron chi connectivity index (χ4n) is 1.77. The second-order valence-electron chi connectivity index (χ2n) is 3.91. The molecule has 0 radical (unpaired) electrons. The van der Waals surface area contributed by atoms with Crippen LogP contribution in [0.2, 0.25) is 0 Å². The molecule has 1 heterocycles. The topological polar surface area (TPSA) is 57.6 Å². The second-order valence-corrected chi connectivity index (χ2v) is 3.91. The number of aliphatic hydroxyl groups is 1. The van der Waals surface area contributed by atoms with Crippen molar-refractivity contribution in [2.24, 2.45) is 5.92 Å². The van der Waals surface area contributed by atoms with Crippen LogP contribution in [0, 0.1) is 5.92 Å². The molecule has 1 aliphatic rings. The average Bonchev–Trinajstić information content (AvgIpc) is 2.17. The molecule has 1 rings (SSSR count). The van der Waals surface area contributed by atoms with Crippen LogP contribution in [0.25, 0.3) is 0 Å². The molecule has 0 aliphatic carbocycles. The molecular weight excluding hydrogens is 182 g/mol. The van der Waals surface area contributed by atoms with Crippen molar-refractivity contribution in [1.82, 2.24) is 4.90 Å². The molecule has 1 N–H and O–H groups in total. The lowest BCUT2D eigenvalue weighted by Crippen LogP contribution is -2.41. The first-order valence-corrected chi connectivity index (χ1v) is 5.01. The summed E-state index contributed by atoms with van der Waals surface area (Å²) >= 11 is 0. The van der Waals surface area contributed by atoms with E-state index >= 15 is 0 Å². The highest BCUT2D eigenvalue weighted by atomic mass is 16.3. The number of rotatable bonds is 3. The molecular formula is C10H17NO3. The summed E-state index contributed by atoms with van der Waals surface area (Å²) in [6, 6.07) is 0. The van der Waals surface area contributed by atoms with Crippen molar-refractivity contribution in [2.75, 3.05) is 19.7 Å². The van der Waals surface area contributed by atoms with Crippen LogP contribution in [-0.2, 0) is 9.59 Å². The van der Waals surface area contributed by atoms with Crippen LogP contribution in [-0.4, -0.2) is 41.4 Å². The molecule has 0 aromatic rings. The summed E-state index contributed by atoms with van der Waals surface area (Å²) in [6.07, 6.45) is 1.90. The minimum absolute atomic E-state index is 0.00184. The van der Waals surface area contributed by atoms with Gasteiger partial charge in [0.1, 0.15) is 5.78 Å². The van der Waals surface area contributed by atoms with Crippen molar-refractivity contribution in [3.63, 3.8) is 0 Å². The number of ketones is 1. The summed E-state index contributed by atoms with van der Waals surface area (Å²) in [5, 5.41) is 8.97. The number of carbonyl (C=O) groups excluding carboxylic acids is 2. The molecule has 4 nitrogen and oxygen atoms in total. The van der Waals surface area contributed by atoms with E-state index in [0.29, 0.717) is 6.54 Å². The highest BCUT2D eigenvalue weighted by Gasteiger charge is 2.23. The van der Waals surface area contributed by atoms with Crippen LogP contribution in [0.5, 0.6) is 0 Å². The normalized spacial score (nSPS) is 22.1. The standard InChI is InChI=1S/C10H17NO3/c1-8(13)5-10(14)11-4-2-3-9(6-11)7-12/h9,12H,2-7H2,1H3. The smallest absolute Gasteiger partial charge is 0.230 e. The van der Waals surface area contributed by atoms with Crippen molar-refractivity contribution < 1.29 is 14.7 Å². The number of nitrogens with zero attached hydrogens (tertiary/aromatic N) is 1. The number of carbonyl (C=O) groups is 2. The molecule has 0 aromatic carbocycles. The molecule has 0 bridgehead atoms. The van der Waals surface area contributed by atoms with Crippen molar-refractivity contribution in [2.45, 2.75) is 26.2 Å². The second kappa shape index (κ2) is 5.10. The third-order valence-electron chi connectivity index (χ3n) is 2.53. The average molecular weight is 199 g/mol. The molecule has 0 saturated carbocycles. The number of Topliss-reactive ketones (excluding diaryl/α,β-unsaturated/α-hetero) is 1. The van der Waals surface area contributed by atoms with E-state index in [4.69, 9.17) is 5.11 Å². The molecule has 4 heteroatoms. The SMILES string of the molecule is CC(=O)CC(=O)N1CCCC(CO)C1. The van der Waals surface area contributed by atoms with Gasteiger partial charge in [-0.05, 0) is 25.7 Å². The Labute approximate surface area is 83.9 Å². The lowest BCUT2D eigenvalue weighted by molar-refractivity contribution is -0.136. The van der Waals surface area contributed by atoms with Crippen molar-refractivity contribution in [3.05, 3.63) is 0 Å². The Balaban J connectivity index is 2.43. The molecule has 1 aliphatic heterocycles. The largest absolute Gasteiger partial charge is 0.396 e. The summed E-state index contributed by atoms with van der Waals surface area (Å²) in [5.74, 6) is -0.00331. The van der Waals surface area contributed by atoms with E-state index in [9.17, 15) is 9.59 Å². The van der Waals surface area contributed by atoms with Gasteiger partial charge in [-0.15, -0.1) is 0 Å². The number of amides is 1. The first-order valence-electron chi connectivity index (χ1n) is 5.01. The van der Waals surface area contributed by atoms with E-state index in [1.54, 1.807) is 4.90 Å². The Kier molecular flexibility index (Phi) is 4.07. The van der Waals surface area contributed by atoms with Crippen molar-refractivity contribution in [1.29, 1.82) is 0 Å². The summed E-state index contributed by atoms with van der Waals surface area (Å²) in [6.45, 7) is 2.88. The van der Waals surface area contributed by atoms with E-state index in [0.717, 1.165) is 19.4 Å². The van der Waals surface area contributed by atoms with Crippen LogP contribution < -0.4 is 0 Å². The fourth-order valence-corrected chi connectivity index (χ4v) is 1.77. The minimum Gasteiger partial charge on any atom is -0.396 e. The van der Waals surface area contributed by atoms with Gasteiger partial charge in [-0.1, -0.05) is 0 Å². The number of piperidine rings is 1. The van der Waals surface area contributed by atoms with E-state index < -0.39 is 0 Å². The van der Waals surface area contributed by atoms with Gasteiger partial charge in [-0.25, -0.2) is 0 Å². The third kappa shape index (κ3) is 3.10. The van der Waals surface area contributed by atoms with Crippen molar-refractivity contribution >= 4 is 11.7 Å². The van der Waals surface area contributed by atoms with Crippen LogP contribution >= 0.6 is 0 Å². The van der Waals surface area contributed by atoms with Gasteiger partial charge in [0.15, 0.2) is 0 Å². The lowest BCUT2D eigenvalue weighted by atomic mass is 9.99. The molecule has 1 fully saturated rings. The molecule has 1 amide bonds. The third-order valence-corrected chi connectivity index (χ3v) is 2.53. The van der Waals surface area contributed by atoms with Crippen molar-refractivity contribution in [3.8, 4) is 0 Å². The summed E-state index contributed by atoms with van der Waals surface area (Å²) in [7, 11) is 0. The number of aliphatic hydroxyl groups excluding tert-OH is 1. The van der Waals surface area contributed by atoms with Gasteiger partial charge in [-0.3, -0.25) is 9.59 Å². The van der Waals surface area contributed by atoms with Gasteiger partial charge in [0.2, 0.25) is 5.91 Å². The molecule has 1 atom stereocenters. The van der Waals surface area contributed by atoms with Crippen LogP contribution in [0.15, 0.2) is 0 Å². The van der Waals surface area contributed by atoms with Gasteiger partial charge < -0.3 is 10.0 Å². The highest BCUT2D eigenvalue weighted by molar-refractivity contribution is 5.96. The first-order chi connectivity index (χ1) is 6.63. The predicted molar refractivity (Wildman–Crippen MR) is 51.7 cm³/mol. The Morgan fingerprint density at radius 3 is 2.79 bits per heavy atom.